The fraction of sp³-hybridized carbons (Fsp3) is 0.208. The van der Waals surface area contributed by atoms with Crippen molar-refractivity contribution >= 4 is 34.9 Å². The number of nitrogens with zero attached hydrogens (tertiary/aromatic N) is 4. The summed E-state index contributed by atoms with van der Waals surface area (Å²) in [7, 11) is 4.76. The van der Waals surface area contributed by atoms with E-state index in [0.29, 0.717) is 16.3 Å². The molecule has 0 atom stereocenters. The number of methoxy groups -OCH3 is 1. The predicted molar refractivity (Wildman–Crippen MR) is 125 cm³/mol. The van der Waals surface area contributed by atoms with Crippen LogP contribution in [0.3, 0.4) is 0 Å². The summed E-state index contributed by atoms with van der Waals surface area (Å²) >= 11 is 6.10. The molecule has 0 unspecified atom stereocenters. The highest BCUT2D eigenvalue weighted by Gasteiger charge is 2.22. The lowest BCUT2D eigenvalue weighted by Crippen LogP contribution is -2.32. The molecule has 0 aliphatic heterocycles. The molecule has 1 heterocycles. The maximum Gasteiger partial charge on any atom is 0.253 e. The van der Waals surface area contributed by atoms with Crippen LogP contribution in [-0.2, 0) is 11.3 Å². The largest absolute Gasteiger partial charge is 0.481 e. The number of carbonyl (C=O) groups excluding carboxylic acids is 3. The third kappa shape index (κ3) is 6.14. The Morgan fingerprint density at radius 3 is 2.39 bits per heavy atom. The zero-order valence-electron chi connectivity index (χ0n) is 18.5. The van der Waals surface area contributed by atoms with Crippen molar-refractivity contribution in [3.05, 3.63) is 82.8 Å². The second-order valence-corrected chi connectivity index (χ2v) is 7.82. The minimum Gasteiger partial charge on any atom is -0.481 e. The molecule has 9 heteroatoms. The van der Waals surface area contributed by atoms with Crippen LogP contribution in [-0.4, -0.2) is 53.7 Å². The number of Topliss-reactive ketones (excluding diaryl/α,β-unsaturated/α-hetero) is 1. The first kappa shape index (κ1) is 23.9. The average molecular weight is 467 g/mol. The van der Waals surface area contributed by atoms with Crippen LogP contribution in [0.25, 0.3) is 0 Å². The summed E-state index contributed by atoms with van der Waals surface area (Å²) in [6, 6.07) is 15.3. The Labute approximate surface area is 196 Å². The average Bonchev–Trinajstić information content (AvgIpc) is 2.82. The van der Waals surface area contributed by atoms with Crippen LogP contribution in [0.1, 0.15) is 33.0 Å². The maximum absolute atomic E-state index is 13.2. The van der Waals surface area contributed by atoms with Crippen LogP contribution in [0, 0.1) is 0 Å². The maximum atomic E-state index is 13.2. The molecular formula is C24H23ClN4O4. The fourth-order valence-corrected chi connectivity index (χ4v) is 3.30. The van der Waals surface area contributed by atoms with E-state index >= 15 is 0 Å². The van der Waals surface area contributed by atoms with E-state index in [1.807, 2.05) is 6.07 Å². The first-order valence-corrected chi connectivity index (χ1v) is 10.4. The fourth-order valence-electron chi connectivity index (χ4n) is 3.09. The highest BCUT2D eigenvalue weighted by atomic mass is 35.5. The number of hydrogen-bond donors (Lipinski definition) is 0. The van der Waals surface area contributed by atoms with Gasteiger partial charge in [0.25, 0.3) is 5.91 Å². The molecule has 0 fully saturated rings. The van der Waals surface area contributed by atoms with E-state index in [9.17, 15) is 14.4 Å². The number of anilines is 1. The van der Waals surface area contributed by atoms with Gasteiger partial charge in [-0.15, -0.1) is 0 Å². The van der Waals surface area contributed by atoms with E-state index < -0.39 is 18.1 Å². The zero-order valence-corrected chi connectivity index (χ0v) is 19.2. The normalized spacial score (nSPS) is 10.4. The molecule has 0 N–H and O–H groups in total. The molecule has 1 aromatic heterocycles. The highest BCUT2D eigenvalue weighted by Crippen LogP contribution is 2.22. The number of carbonyl (C=O) groups is 3. The summed E-state index contributed by atoms with van der Waals surface area (Å²) in [4.78, 5) is 49.0. The molecule has 2 amide bonds. The van der Waals surface area contributed by atoms with Gasteiger partial charge in [0, 0.05) is 42.6 Å². The van der Waals surface area contributed by atoms with Crippen LogP contribution in [0.4, 0.5) is 5.69 Å². The number of ether oxygens (including phenoxy) is 1. The summed E-state index contributed by atoms with van der Waals surface area (Å²) in [5.74, 6) is -0.998. The minimum absolute atomic E-state index is 0.0997. The number of benzene rings is 2. The Kier molecular flexibility index (Phi) is 7.74. The summed E-state index contributed by atoms with van der Waals surface area (Å²) in [5.41, 5.74) is 1.81. The van der Waals surface area contributed by atoms with Gasteiger partial charge in [-0.2, -0.15) is 4.98 Å². The standard InChI is InChI=1S/C24H23ClN4O4/c1-28(2)24(32)17-7-9-19(10-8-17)29(15-16-5-4-6-18(25)13-16)22(31)14-20(30)23-26-12-11-21(27-23)33-3/h4-13H,14-15H2,1-3H3. The smallest absolute Gasteiger partial charge is 0.253 e. The van der Waals surface area contributed by atoms with Crippen LogP contribution in [0.2, 0.25) is 5.02 Å². The van der Waals surface area contributed by atoms with Gasteiger partial charge in [0.05, 0.1) is 20.1 Å². The molecule has 8 nitrogen and oxygen atoms in total. The lowest BCUT2D eigenvalue weighted by molar-refractivity contribution is -0.117. The lowest BCUT2D eigenvalue weighted by Gasteiger charge is -2.23. The quantitative estimate of drug-likeness (QED) is 0.371. The van der Waals surface area contributed by atoms with Crippen molar-refractivity contribution in [2.45, 2.75) is 13.0 Å². The number of ketones is 1. The highest BCUT2D eigenvalue weighted by molar-refractivity contribution is 6.30. The number of aromatic nitrogens is 2. The zero-order chi connectivity index (χ0) is 24.0. The second kappa shape index (κ2) is 10.7. The molecule has 3 rings (SSSR count). The lowest BCUT2D eigenvalue weighted by atomic mass is 10.1. The second-order valence-electron chi connectivity index (χ2n) is 7.38. The number of amides is 2. The molecule has 0 saturated carbocycles. The molecular weight excluding hydrogens is 444 g/mol. The Hall–Kier alpha value is -3.78. The number of rotatable bonds is 8. The van der Waals surface area contributed by atoms with Gasteiger partial charge >= 0.3 is 0 Å². The molecule has 0 aliphatic carbocycles. The van der Waals surface area contributed by atoms with Crippen molar-refractivity contribution in [2.75, 3.05) is 26.1 Å². The first-order valence-electron chi connectivity index (χ1n) is 10.0. The number of hydrogen-bond acceptors (Lipinski definition) is 6. The van der Waals surface area contributed by atoms with Crippen LogP contribution in [0.15, 0.2) is 60.8 Å². The van der Waals surface area contributed by atoms with E-state index in [-0.39, 0.29) is 24.2 Å². The molecule has 0 aliphatic rings. The van der Waals surface area contributed by atoms with E-state index in [0.717, 1.165) is 5.56 Å². The summed E-state index contributed by atoms with van der Waals surface area (Å²) in [6.45, 7) is 0.187. The van der Waals surface area contributed by atoms with Gasteiger partial charge in [-0.1, -0.05) is 23.7 Å². The van der Waals surface area contributed by atoms with Crippen molar-refractivity contribution in [3.63, 3.8) is 0 Å². The van der Waals surface area contributed by atoms with Crippen LogP contribution in [0.5, 0.6) is 5.88 Å². The van der Waals surface area contributed by atoms with Crippen LogP contribution >= 0.6 is 11.6 Å². The summed E-state index contributed by atoms with van der Waals surface area (Å²) in [5, 5.41) is 0.535. The Morgan fingerprint density at radius 2 is 1.76 bits per heavy atom. The van der Waals surface area contributed by atoms with E-state index in [1.54, 1.807) is 56.6 Å². The minimum atomic E-state index is -0.533. The monoisotopic (exact) mass is 466 g/mol. The third-order valence-corrected chi connectivity index (χ3v) is 5.00. The topological polar surface area (TPSA) is 92.7 Å². The molecule has 2 aromatic carbocycles. The Balaban J connectivity index is 1.88. The Morgan fingerprint density at radius 1 is 1.03 bits per heavy atom. The molecule has 0 saturated heterocycles. The van der Waals surface area contributed by atoms with Gasteiger partial charge in [0.1, 0.15) is 0 Å². The van der Waals surface area contributed by atoms with Crippen molar-refractivity contribution < 1.29 is 19.1 Å². The molecule has 33 heavy (non-hydrogen) atoms. The van der Waals surface area contributed by atoms with Crippen molar-refractivity contribution in [1.82, 2.24) is 14.9 Å². The SMILES string of the molecule is COc1ccnc(C(=O)CC(=O)N(Cc2cccc(Cl)c2)c2ccc(C(=O)N(C)C)cc2)n1. The van der Waals surface area contributed by atoms with Gasteiger partial charge in [0.2, 0.25) is 17.6 Å². The Bertz CT molecular complexity index is 1170. The van der Waals surface area contributed by atoms with Crippen molar-refractivity contribution in [3.8, 4) is 5.88 Å². The van der Waals surface area contributed by atoms with E-state index in [2.05, 4.69) is 9.97 Å². The van der Waals surface area contributed by atoms with E-state index in [4.69, 9.17) is 16.3 Å². The van der Waals surface area contributed by atoms with Crippen molar-refractivity contribution in [2.24, 2.45) is 0 Å². The molecule has 0 bridgehead atoms. The van der Waals surface area contributed by atoms with Gasteiger partial charge in [0.15, 0.2) is 5.82 Å². The van der Waals surface area contributed by atoms with Crippen LogP contribution < -0.4 is 9.64 Å². The molecule has 3 aromatic rings. The first-order chi connectivity index (χ1) is 15.8. The van der Waals surface area contributed by atoms with Gasteiger partial charge in [-0.25, -0.2) is 4.98 Å². The number of halogens is 1. The van der Waals surface area contributed by atoms with E-state index in [1.165, 1.54) is 29.2 Å². The summed E-state index contributed by atoms with van der Waals surface area (Å²) < 4.78 is 5.02. The predicted octanol–water partition coefficient (Wildman–Crippen LogP) is 3.65. The van der Waals surface area contributed by atoms with Crippen molar-refractivity contribution in [1.29, 1.82) is 0 Å². The molecule has 0 spiro atoms. The molecule has 0 radical (unpaired) electrons. The summed E-state index contributed by atoms with van der Waals surface area (Å²) in [6.07, 6.45) is 0.958. The third-order valence-electron chi connectivity index (χ3n) is 4.76. The van der Waals surface area contributed by atoms with Gasteiger partial charge < -0.3 is 14.5 Å². The molecule has 170 valence electrons. The van der Waals surface area contributed by atoms with Gasteiger partial charge in [-0.05, 0) is 42.0 Å². The van der Waals surface area contributed by atoms with Gasteiger partial charge in [-0.3, -0.25) is 14.4 Å².